The minimum Gasteiger partial charge on any atom is -0.469 e. The molecule has 4 nitrogen and oxygen atoms in total. The van der Waals surface area contributed by atoms with Gasteiger partial charge in [0.1, 0.15) is 0 Å². The Balaban J connectivity index is 1.90. The fourth-order valence-electron chi connectivity index (χ4n) is 3.50. The lowest BCUT2D eigenvalue weighted by Gasteiger charge is -2.38. The molecule has 3 atom stereocenters. The Morgan fingerprint density at radius 2 is 1.95 bits per heavy atom. The Morgan fingerprint density at radius 1 is 1.25 bits per heavy atom. The molecule has 0 amide bonds. The molecule has 1 heterocycles. The molecule has 2 fully saturated rings. The summed E-state index contributed by atoms with van der Waals surface area (Å²) in [5.41, 5.74) is -0.376. The lowest BCUT2D eigenvalue weighted by molar-refractivity contribution is -0.158. The minimum absolute atomic E-state index is 0.0782. The first-order valence-corrected chi connectivity index (χ1v) is 7.97. The van der Waals surface area contributed by atoms with Crippen LogP contribution in [0.15, 0.2) is 0 Å². The molecule has 0 aromatic heterocycles. The van der Waals surface area contributed by atoms with Crippen LogP contribution in [0, 0.1) is 17.3 Å². The molecule has 0 aromatic rings. The number of nitrogens with one attached hydrogen (secondary N) is 1. The number of methoxy groups -OCH3 is 1. The van der Waals surface area contributed by atoms with E-state index in [-0.39, 0.29) is 11.4 Å². The van der Waals surface area contributed by atoms with E-state index < -0.39 is 0 Å². The van der Waals surface area contributed by atoms with Gasteiger partial charge in [-0.25, -0.2) is 0 Å². The first-order valence-electron chi connectivity index (χ1n) is 7.97. The van der Waals surface area contributed by atoms with Crippen molar-refractivity contribution in [3.05, 3.63) is 0 Å². The van der Waals surface area contributed by atoms with Crippen LogP contribution < -0.4 is 5.32 Å². The number of rotatable bonds is 4. The van der Waals surface area contributed by atoms with Gasteiger partial charge in [-0.2, -0.15) is 0 Å². The van der Waals surface area contributed by atoms with Gasteiger partial charge >= 0.3 is 5.97 Å². The van der Waals surface area contributed by atoms with E-state index in [9.17, 15) is 4.79 Å². The topological polar surface area (TPSA) is 47.6 Å². The van der Waals surface area contributed by atoms with Crippen molar-refractivity contribution >= 4 is 5.97 Å². The van der Waals surface area contributed by atoms with Crippen molar-refractivity contribution < 1.29 is 14.3 Å². The summed E-state index contributed by atoms with van der Waals surface area (Å²) in [5.74, 6) is 1.52. The lowest BCUT2D eigenvalue weighted by atomic mass is 9.77. The smallest absolute Gasteiger partial charge is 0.313 e. The minimum atomic E-state index is -0.376. The lowest BCUT2D eigenvalue weighted by Crippen LogP contribution is -2.49. The summed E-state index contributed by atoms with van der Waals surface area (Å²) >= 11 is 0. The second-order valence-electron chi connectivity index (χ2n) is 6.73. The Labute approximate surface area is 122 Å². The van der Waals surface area contributed by atoms with Gasteiger partial charge in [0.05, 0.1) is 12.5 Å². The van der Waals surface area contributed by atoms with Gasteiger partial charge in [0, 0.05) is 25.8 Å². The van der Waals surface area contributed by atoms with E-state index in [2.05, 4.69) is 19.2 Å². The highest BCUT2D eigenvalue weighted by atomic mass is 16.5. The van der Waals surface area contributed by atoms with Crippen molar-refractivity contribution in [1.29, 1.82) is 0 Å². The summed E-state index contributed by atoms with van der Waals surface area (Å²) in [6.07, 6.45) is 5.26. The van der Waals surface area contributed by atoms with E-state index in [4.69, 9.17) is 9.47 Å². The van der Waals surface area contributed by atoms with Crippen LogP contribution in [0.2, 0.25) is 0 Å². The average molecular weight is 283 g/mol. The van der Waals surface area contributed by atoms with E-state index in [1.165, 1.54) is 26.4 Å². The molecule has 20 heavy (non-hydrogen) atoms. The normalized spacial score (nSPS) is 33.6. The molecule has 116 valence electrons. The van der Waals surface area contributed by atoms with Crippen LogP contribution in [0.25, 0.3) is 0 Å². The maximum atomic E-state index is 12.2. The maximum Gasteiger partial charge on any atom is 0.313 e. The largest absolute Gasteiger partial charge is 0.469 e. The Morgan fingerprint density at radius 3 is 2.55 bits per heavy atom. The summed E-state index contributed by atoms with van der Waals surface area (Å²) in [4.78, 5) is 12.2. The third-order valence-corrected chi connectivity index (χ3v) is 5.40. The van der Waals surface area contributed by atoms with Crippen LogP contribution >= 0.6 is 0 Å². The van der Waals surface area contributed by atoms with Gasteiger partial charge in [-0.15, -0.1) is 0 Å². The first-order chi connectivity index (χ1) is 9.57. The summed E-state index contributed by atoms with van der Waals surface area (Å²) in [5, 5.41) is 3.64. The fourth-order valence-corrected chi connectivity index (χ4v) is 3.50. The predicted molar refractivity (Wildman–Crippen MR) is 78.5 cm³/mol. The monoisotopic (exact) mass is 283 g/mol. The SMILES string of the molecule is COC(=O)C1(CN[C@@H]2CC[C@@H](C)[C@@H](C)C2)CCOCC1. The molecule has 1 aliphatic heterocycles. The van der Waals surface area contributed by atoms with Crippen molar-refractivity contribution in [3.63, 3.8) is 0 Å². The molecule has 2 aliphatic rings. The van der Waals surface area contributed by atoms with Crippen LogP contribution in [0.5, 0.6) is 0 Å². The zero-order valence-electron chi connectivity index (χ0n) is 13.1. The quantitative estimate of drug-likeness (QED) is 0.805. The fraction of sp³-hybridized carbons (Fsp3) is 0.938. The molecule has 1 N–H and O–H groups in total. The van der Waals surface area contributed by atoms with Crippen molar-refractivity contribution in [2.75, 3.05) is 26.9 Å². The number of hydrogen-bond donors (Lipinski definition) is 1. The van der Waals surface area contributed by atoms with Crippen molar-refractivity contribution in [1.82, 2.24) is 5.32 Å². The van der Waals surface area contributed by atoms with Gasteiger partial charge in [0.15, 0.2) is 0 Å². The number of ether oxygens (including phenoxy) is 2. The highest BCUT2D eigenvalue weighted by Crippen LogP contribution is 2.33. The van der Waals surface area contributed by atoms with E-state index in [1.807, 2.05) is 0 Å². The Kier molecular flexibility index (Phi) is 5.44. The third-order valence-electron chi connectivity index (χ3n) is 5.40. The second-order valence-corrected chi connectivity index (χ2v) is 6.73. The standard InChI is InChI=1S/C16H29NO3/c1-12-4-5-14(10-13(12)2)17-11-16(15(18)19-3)6-8-20-9-7-16/h12-14,17H,4-11H2,1-3H3/t12-,13+,14-/m1/s1. The number of esters is 1. The van der Waals surface area contributed by atoms with E-state index in [0.29, 0.717) is 19.3 Å². The molecular formula is C16H29NO3. The van der Waals surface area contributed by atoms with Gasteiger partial charge in [-0.3, -0.25) is 4.79 Å². The van der Waals surface area contributed by atoms with Crippen molar-refractivity contribution in [2.24, 2.45) is 17.3 Å². The number of carbonyl (C=O) groups excluding carboxylic acids is 1. The molecule has 0 radical (unpaired) electrons. The van der Waals surface area contributed by atoms with Crippen LogP contribution in [0.3, 0.4) is 0 Å². The molecule has 0 spiro atoms. The number of hydrogen-bond acceptors (Lipinski definition) is 4. The summed E-state index contributed by atoms with van der Waals surface area (Å²) in [6.45, 7) is 6.73. The van der Waals surface area contributed by atoms with E-state index in [1.54, 1.807) is 0 Å². The predicted octanol–water partition coefficient (Wildman–Crippen LogP) is 2.37. The maximum absolute atomic E-state index is 12.2. The molecule has 0 aromatic carbocycles. The summed E-state index contributed by atoms with van der Waals surface area (Å²) < 4.78 is 10.4. The van der Waals surface area contributed by atoms with Gasteiger partial charge in [0.2, 0.25) is 0 Å². The summed E-state index contributed by atoms with van der Waals surface area (Å²) in [7, 11) is 1.49. The highest BCUT2D eigenvalue weighted by Gasteiger charge is 2.41. The van der Waals surface area contributed by atoms with Gasteiger partial charge in [-0.1, -0.05) is 13.8 Å². The van der Waals surface area contributed by atoms with Crippen molar-refractivity contribution in [3.8, 4) is 0 Å². The van der Waals surface area contributed by atoms with Gasteiger partial charge in [0.25, 0.3) is 0 Å². The first kappa shape index (κ1) is 15.8. The van der Waals surface area contributed by atoms with Crippen LogP contribution in [-0.2, 0) is 14.3 Å². The van der Waals surface area contributed by atoms with E-state index in [0.717, 1.165) is 31.2 Å². The molecule has 2 rings (SSSR count). The van der Waals surface area contributed by atoms with Crippen LogP contribution in [0.4, 0.5) is 0 Å². The average Bonchev–Trinajstić information content (AvgIpc) is 2.48. The van der Waals surface area contributed by atoms with Gasteiger partial charge in [-0.05, 0) is 43.9 Å². The van der Waals surface area contributed by atoms with Crippen LogP contribution in [-0.4, -0.2) is 38.9 Å². The molecule has 0 unspecified atom stereocenters. The molecular weight excluding hydrogens is 254 g/mol. The Hall–Kier alpha value is -0.610. The highest BCUT2D eigenvalue weighted by molar-refractivity contribution is 5.77. The zero-order chi connectivity index (χ0) is 14.6. The number of carbonyl (C=O) groups is 1. The Bertz CT molecular complexity index is 326. The van der Waals surface area contributed by atoms with Crippen LogP contribution in [0.1, 0.15) is 46.0 Å². The summed E-state index contributed by atoms with van der Waals surface area (Å²) in [6, 6.07) is 0.547. The molecule has 1 saturated carbocycles. The van der Waals surface area contributed by atoms with E-state index >= 15 is 0 Å². The zero-order valence-corrected chi connectivity index (χ0v) is 13.1. The molecule has 1 saturated heterocycles. The molecule has 0 bridgehead atoms. The van der Waals surface area contributed by atoms with Gasteiger partial charge < -0.3 is 14.8 Å². The van der Waals surface area contributed by atoms with Crippen molar-refractivity contribution in [2.45, 2.75) is 52.0 Å². The second kappa shape index (κ2) is 6.90. The molecule has 4 heteroatoms. The molecule has 1 aliphatic carbocycles. The third kappa shape index (κ3) is 3.53.